The molecule has 0 bridgehead atoms. The van der Waals surface area contributed by atoms with Gasteiger partial charge in [0.05, 0.1) is 0 Å². The first-order chi connectivity index (χ1) is 7.02. The number of hydrogen-bond donors (Lipinski definition) is 1. The van der Waals surface area contributed by atoms with E-state index in [1.807, 2.05) is 6.92 Å². The van der Waals surface area contributed by atoms with E-state index in [2.05, 4.69) is 13.8 Å². The van der Waals surface area contributed by atoms with Gasteiger partial charge in [0.2, 0.25) is 5.76 Å². The maximum Gasteiger partial charge on any atom is 0.379 e. The van der Waals surface area contributed by atoms with Crippen LogP contribution >= 0.6 is 0 Å². The zero-order chi connectivity index (χ0) is 11.2. The molecule has 0 saturated carbocycles. The predicted octanol–water partition coefficient (Wildman–Crippen LogP) is 2.70. The maximum atomic E-state index is 11.3. The summed E-state index contributed by atoms with van der Waals surface area (Å²) in [4.78, 5) is 11.3. The van der Waals surface area contributed by atoms with E-state index in [1.165, 1.54) is 0 Å². The number of esters is 1. The first kappa shape index (κ1) is 10.3. The van der Waals surface area contributed by atoms with E-state index in [0.717, 1.165) is 24.0 Å². The lowest BCUT2D eigenvalue weighted by Gasteiger charge is -2.24. The maximum absolute atomic E-state index is 11.3. The van der Waals surface area contributed by atoms with Gasteiger partial charge in [0.15, 0.2) is 0 Å². The molecule has 15 heavy (non-hydrogen) atoms. The van der Waals surface area contributed by atoms with Gasteiger partial charge in [-0.25, -0.2) is 4.79 Å². The second-order valence-electron chi connectivity index (χ2n) is 4.60. The van der Waals surface area contributed by atoms with Crippen molar-refractivity contribution in [2.75, 3.05) is 0 Å². The molecule has 0 aromatic rings. The Labute approximate surface area is 89.4 Å². The van der Waals surface area contributed by atoms with E-state index in [4.69, 9.17) is 4.74 Å². The number of carbonyl (C=O) groups is 1. The van der Waals surface area contributed by atoms with Crippen molar-refractivity contribution in [3.63, 3.8) is 0 Å². The van der Waals surface area contributed by atoms with Crippen LogP contribution in [0, 0.1) is 11.8 Å². The lowest BCUT2D eigenvalue weighted by atomic mass is 9.81. The van der Waals surface area contributed by atoms with Crippen LogP contribution in [0.2, 0.25) is 0 Å². The minimum Gasteiger partial charge on any atom is -0.502 e. The van der Waals surface area contributed by atoms with Gasteiger partial charge < -0.3 is 9.84 Å². The van der Waals surface area contributed by atoms with Gasteiger partial charge in [0.25, 0.3) is 0 Å². The van der Waals surface area contributed by atoms with E-state index in [9.17, 15) is 9.90 Å². The molecule has 2 aliphatic rings. The Hall–Kier alpha value is -1.25. The van der Waals surface area contributed by atoms with Gasteiger partial charge in [-0.15, -0.1) is 0 Å². The molecule has 2 rings (SSSR count). The number of aliphatic hydroxyl groups excluding tert-OH is 1. The summed E-state index contributed by atoms with van der Waals surface area (Å²) in [6.45, 7) is 6.18. The van der Waals surface area contributed by atoms with Gasteiger partial charge in [0.1, 0.15) is 5.76 Å². The highest BCUT2D eigenvalue weighted by atomic mass is 16.6. The third-order valence-electron chi connectivity index (χ3n) is 3.22. The topological polar surface area (TPSA) is 46.5 Å². The summed E-state index contributed by atoms with van der Waals surface area (Å²) in [5.41, 5.74) is 1.87. The first-order valence-electron chi connectivity index (χ1n) is 5.41. The Morgan fingerprint density at radius 3 is 2.73 bits per heavy atom. The number of aliphatic hydroxyl groups is 1. The smallest absolute Gasteiger partial charge is 0.379 e. The van der Waals surface area contributed by atoms with Crippen molar-refractivity contribution in [2.24, 2.45) is 11.8 Å². The summed E-state index contributed by atoms with van der Waals surface area (Å²) >= 11 is 0. The molecule has 3 heteroatoms. The minimum absolute atomic E-state index is 0.185. The molecule has 0 saturated heterocycles. The van der Waals surface area contributed by atoms with E-state index in [0.29, 0.717) is 11.7 Å². The van der Waals surface area contributed by atoms with Gasteiger partial charge in [0, 0.05) is 5.57 Å². The molecule has 0 fully saturated rings. The van der Waals surface area contributed by atoms with Crippen molar-refractivity contribution >= 4 is 5.97 Å². The Morgan fingerprint density at radius 1 is 1.47 bits per heavy atom. The lowest BCUT2D eigenvalue weighted by Crippen LogP contribution is -2.13. The van der Waals surface area contributed by atoms with Crippen molar-refractivity contribution in [2.45, 2.75) is 33.6 Å². The van der Waals surface area contributed by atoms with Crippen LogP contribution < -0.4 is 0 Å². The highest BCUT2D eigenvalue weighted by Crippen LogP contribution is 2.42. The van der Waals surface area contributed by atoms with Crippen LogP contribution in [0.25, 0.3) is 0 Å². The summed E-state index contributed by atoms with van der Waals surface area (Å²) < 4.78 is 5.14. The Bertz CT molecular complexity index is 374. The van der Waals surface area contributed by atoms with Gasteiger partial charge in [-0.3, -0.25) is 0 Å². The Kier molecular flexibility index (Phi) is 2.33. The van der Waals surface area contributed by atoms with Crippen LogP contribution in [-0.2, 0) is 9.53 Å². The highest BCUT2D eigenvalue weighted by Gasteiger charge is 2.38. The number of allylic oxidation sites excluding steroid dienone is 2. The van der Waals surface area contributed by atoms with Crippen LogP contribution in [-0.4, -0.2) is 11.1 Å². The molecular formula is C12H16O3. The molecular weight excluding hydrogens is 192 g/mol. The standard InChI is InChI=1S/C12H16O3/c1-6(2)8-5-4-7(3)9-10(13)12(14)15-11(8)9/h6-7,13H,4-5H2,1-3H3/t7-/m1/s1. The SMILES string of the molecule is CC(C)C1=C2OC(=O)C(O)=C2[C@H](C)CC1. The van der Waals surface area contributed by atoms with Gasteiger partial charge in [-0.2, -0.15) is 0 Å². The fourth-order valence-corrected chi connectivity index (χ4v) is 2.29. The molecule has 0 radical (unpaired) electrons. The zero-order valence-corrected chi connectivity index (χ0v) is 9.33. The van der Waals surface area contributed by atoms with Crippen LogP contribution in [0.3, 0.4) is 0 Å². The summed E-state index contributed by atoms with van der Waals surface area (Å²) in [6.07, 6.45) is 1.94. The van der Waals surface area contributed by atoms with Crippen LogP contribution in [0.15, 0.2) is 22.7 Å². The Morgan fingerprint density at radius 2 is 2.13 bits per heavy atom. The molecule has 0 aromatic heterocycles. The second kappa shape index (κ2) is 3.40. The average Bonchev–Trinajstić information content (AvgIpc) is 2.44. The van der Waals surface area contributed by atoms with Crippen LogP contribution in [0.4, 0.5) is 0 Å². The summed E-state index contributed by atoms with van der Waals surface area (Å²) in [7, 11) is 0. The number of fused-ring (bicyclic) bond motifs is 1. The molecule has 0 aromatic carbocycles. The van der Waals surface area contributed by atoms with Crippen molar-refractivity contribution in [3.05, 3.63) is 22.7 Å². The first-order valence-corrected chi connectivity index (χ1v) is 5.41. The normalized spacial score (nSPS) is 26.1. The summed E-state index contributed by atoms with van der Waals surface area (Å²) in [5, 5.41) is 9.63. The molecule has 3 nitrogen and oxygen atoms in total. The molecule has 0 amide bonds. The quantitative estimate of drug-likeness (QED) is 0.674. The predicted molar refractivity (Wildman–Crippen MR) is 56.0 cm³/mol. The molecule has 82 valence electrons. The molecule has 0 unspecified atom stereocenters. The third-order valence-corrected chi connectivity index (χ3v) is 3.22. The second-order valence-corrected chi connectivity index (χ2v) is 4.60. The van der Waals surface area contributed by atoms with E-state index in [-0.39, 0.29) is 11.7 Å². The summed E-state index contributed by atoms with van der Waals surface area (Å²) in [5.74, 6) is 0.448. The van der Waals surface area contributed by atoms with Crippen molar-refractivity contribution in [1.82, 2.24) is 0 Å². The van der Waals surface area contributed by atoms with Crippen molar-refractivity contribution in [3.8, 4) is 0 Å². The van der Waals surface area contributed by atoms with E-state index >= 15 is 0 Å². The molecule has 0 spiro atoms. The molecule has 1 N–H and O–H groups in total. The molecule has 1 atom stereocenters. The fourth-order valence-electron chi connectivity index (χ4n) is 2.29. The molecule has 1 aliphatic carbocycles. The number of hydrogen-bond acceptors (Lipinski definition) is 3. The number of rotatable bonds is 1. The van der Waals surface area contributed by atoms with Crippen LogP contribution in [0.5, 0.6) is 0 Å². The number of ether oxygens (including phenoxy) is 1. The van der Waals surface area contributed by atoms with Crippen LogP contribution in [0.1, 0.15) is 33.6 Å². The molecule has 1 heterocycles. The zero-order valence-electron chi connectivity index (χ0n) is 9.33. The largest absolute Gasteiger partial charge is 0.502 e. The van der Waals surface area contributed by atoms with E-state index in [1.54, 1.807) is 0 Å². The molecule has 1 aliphatic heterocycles. The average molecular weight is 208 g/mol. The van der Waals surface area contributed by atoms with Gasteiger partial charge >= 0.3 is 5.97 Å². The van der Waals surface area contributed by atoms with Gasteiger partial charge in [-0.1, -0.05) is 20.8 Å². The minimum atomic E-state index is -0.591. The lowest BCUT2D eigenvalue weighted by molar-refractivity contribution is -0.135. The van der Waals surface area contributed by atoms with Gasteiger partial charge in [-0.05, 0) is 30.3 Å². The van der Waals surface area contributed by atoms with Crippen molar-refractivity contribution < 1.29 is 14.6 Å². The van der Waals surface area contributed by atoms with E-state index < -0.39 is 5.97 Å². The Balaban J connectivity index is 2.54. The van der Waals surface area contributed by atoms with Crippen molar-refractivity contribution in [1.29, 1.82) is 0 Å². The fraction of sp³-hybridized carbons (Fsp3) is 0.583. The number of carbonyl (C=O) groups excluding carboxylic acids is 1. The summed E-state index contributed by atoms with van der Waals surface area (Å²) in [6, 6.07) is 0. The highest BCUT2D eigenvalue weighted by molar-refractivity contribution is 5.92. The third kappa shape index (κ3) is 1.46. The monoisotopic (exact) mass is 208 g/mol.